The fourth-order valence-corrected chi connectivity index (χ4v) is 6.04. The van der Waals surface area contributed by atoms with Crippen LogP contribution in [0.2, 0.25) is 5.02 Å². The first kappa shape index (κ1) is 32.1. The van der Waals surface area contributed by atoms with Crippen LogP contribution in [0.15, 0.2) is 34.8 Å². The Bertz CT molecular complexity index is 1450. The zero-order valence-electron chi connectivity index (χ0n) is 23.6. The Morgan fingerprint density at radius 3 is 2.55 bits per heavy atom. The Hall–Kier alpha value is -2.85. The molecule has 1 N–H and O–H groups in total. The third-order valence-electron chi connectivity index (χ3n) is 7.52. The Balaban J connectivity index is 1.64. The molecule has 1 aliphatic rings. The van der Waals surface area contributed by atoms with Crippen molar-refractivity contribution in [3.63, 3.8) is 0 Å². The van der Waals surface area contributed by atoms with Crippen LogP contribution in [0.4, 0.5) is 19.0 Å². The van der Waals surface area contributed by atoms with Gasteiger partial charge in [0.2, 0.25) is 6.36 Å². The van der Waals surface area contributed by atoms with E-state index in [2.05, 4.69) is 26.1 Å². The quantitative estimate of drug-likeness (QED) is 0.165. The maximum atomic E-state index is 15.0. The lowest BCUT2D eigenvalue weighted by Crippen LogP contribution is -2.33. The van der Waals surface area contributed by atoms with Crippen LogP contribution in [-0.4, -0.2) is 42.9 Å². The van der Waals surface area contributed by atoms with Crippen molar-refractivity contribution in [2.24, 2.45) is 0 Å². The molecule has 2 heterocycles. The predicted molar refractivity (Wildman–Crippen MR) is 162 cm³/mol. The minimum absolute atomic E-state index is 0.0568. The van der Waals surface area contributed by atoms with Crippen LogP contribution in [0.1, 0.15) is 79.3 Å². The van der Waals surface area contributed by atoms with Gasteiger partial charge >= 0.3 is 5.97 Å². The molecule has 11 heteroatoms. The van der Waals surface area contributed by atoms with Gasteiger partial charge in [-0.05, 0) is 69.4 Å². The number of nitrogens with one attached hydrogen (secondary N) is 1. The number of pyridine rings is 1. The molecule has 2 atom stereocenters. The Labute approximate surface area is 257 Å². The van der Waals surface area contributed by atoms with Gasteiger partial charge in [-0.15, -0.1) is 0 Å². The molecular weight excluding hydrogens is 635 g/mol. The number of hydrogen-bond acceptors (Lipinski definition) is 5. The molecule has 1 aromatic heterocycles. The van der Waals surface area contributed by atoms with Crippen molar-refractivity contribution in [3.8, 4) is 0 Å². The van der Waals surface area contributed by atoms with Crippen molar-refractivity contribution in [1.82, 2.24) is 10.3 Å². The zero-order valence-corrected chi connectivity index (χ0v) is 26.0. The van der Waals surface area contributed by atoms with E-state index in [4.69, 9.17) is 21.3 Å². The molecule has 4 rings (SSSR count). The first-order valence-corrected chi connectivity index (χ1v) is 15.4. The number of esters is 1. The summed E-state index contributed by atoms with van der Waals surface area (Å²) in [5.41, 5.74) is 1.62. The molecule has 2 unspecified atom stereocenters. The van der Waals surface area contributed by atoms with Gasteiger partial charge in [-0.1, -0.05) is 34.5 Å². The summed E-state index contributed by atoms with van der Waals surface area (Å²) >= 11 is 9.65. The first-order chi connectivity index (χ1) is 20.1. The number of alkyl halides is 1. The van der Waals surface area contributed by atoms with E-state index in [1.165, 1.54) is 0 Å². The van der Waals surface area contributed by atoms with Gasteiger partial charge in [0.05, 0.1) is 16.1 Å². The fourth-order valence-electron chi connectivity index (χ4n) is 5.37. The molecule has 1 fully saturated rings. The number of halogens is 5. The summed E-state index contributed by atoms with van der Waals surface area (Å²) in [6.07, 6.45) is 1.68. The monoisotopic (exact) mass is 667 g/mol. The van der Waals surface area contributed by atoms with E-state index in [1.54, 1.807) is 6.92 Å². The molecule has 3 aromatic rings. The van der Waals surface area contributed by atoms with Crippen molar-refractivity contribution in [3.05, 3.63) is 68.2 Å². The smallest absolute Gasteiger partial charge is 0.308 e. The lowest BCUT2D eigenvalue weighted by Gasteiger charge is -2.30. The van der Waals surface area contributed by atoms with Crippen LogP contribution in [0.25, 0.3) is 10.9 Å². The second-order valence-electron chi connectivity index (χ2n) is 10.5. The van der Waals surface area contributed by atoms with E-state index < -0.39 is 40.8 Å². The number of hydrogen-bond donors (Lipinski definition) is 1. The van der Waals surface area contributed by atoms with Gasteiger partial charge in [-0.25, -0.2) is 18.2 Å². The molecule has 0 aliphatic carbocycles. The molecule has 0 spiro atoms. The standard InChI is InChI=1S/C31H34BrClF3N3O3/c1-3-7-25(36)42-26(40)13-8-19(28-22(34)10-11-23(35)29(28)33)17-37-31(41)27-18(2)30(39-14-5-4-6-15-39)38-24-12-9-20(32)16-21(24)27/h9-12,16,19,25H,3-8,13-15,17H2,1-2H3,(H,37,41). The van der Waals surface area contributed by atoms with Crippen LogP contribution >= 0.6 is 27.5 Å². The van der Waals surface area contributed by atoms with Crippen molar-refractivity contribution >= 4 is 56.1 Å². The normalized spacial score (nSPS) is 15.0. The van der Waals surface area contributed by atoms with Crippen molar-refractivity contribution in [1.29, 1.82) is 0 Å². The minimum Gasteiger partial charge on any atom is -0.431 e. The van der Waals surface area contributed by atoms with Gasteiger partial charge in [-0.3, -0.25) is 9.59 Å². The highest BCUT2D eigenvalue weighted by molar-refractivity contribution is 9.10. The molecular formula is C31H34BrClF3N3O3. The van der Waals surface area contributed by atoms with E-state index >= 15 is 0 Å². The summed E-state index contributed by atoms with van der Waals surface area (Å²) in [5.74, 6) is -3.00. The lowest BCUT2D eigenvalue weighted by atomic mass is 9.92. The number of aromatic nitrogens is 1. The second kappa shape index (κ2) is 14.6. The number of carbonyl (C=O) groups excluding carboxylic acids is 2. The van der Waals surface area contributed by atoms with E-state index in [0.717, 1.165) is 54.8 Å². The number of rotatable bonds is 11. The first-order valence-electron chi connectivity index (χ1n) is 14.2. The highest BCUT2D eigenvalue weighted by Crippen LogP contribution is 2.34. The van der Waals surface area contributed by atoms with Crippen LogP contribution in [0.5, 0.6) is 0 Å². The predicted octanol–water partition coefficient (Wildman–Crippen LogP) is 8.16. The number of fused-ring (bicyclic) bond motifs is 1. The minimum atomic E-state index is -1.74. The summed E-state index contributed by atoms with van der Waals surface area (Å²) in [4.78, 5) is 33.2. The van der Waals surface area contributed by atoms with Gasteiger partial charge in [0, 0.05) is 59.4 Å². The topological polar surface area (TPSA) is 71.5 Å². The van der Waals surface area contributed by atoms with Crippen LogP contribution in [0.3, 0.4) is 0 Å². The number of benzene rings is 2. The molecule has 0 bridgehead atoms. The Morgan fingerprint density at radius 2 is 1.83 bits per heavy atom. The highest BCUT2D eigenvalue weighted by Gasteiger charge is 2.27. The lowest BCUT2D eigenvalue weighted by molar-refractivity contribution is -0.158. The number of ether oxygens (including phenoxy) is 1. The number of nitrogens with zero attached hydrogens (tertiary/aromatic N) is 2. The molecule has 1 amide bonds. The van der Waals surface area contributed by atoms with Crippen LogP contribution in [-0.2, 0) is 9.53 Å². The summed E-state index contributed by atoms with van der Waals surface area (Å²) in [6, 6.07) is 7.39. The average Bonchev–Trinajstić information content (AvgIpc) is 2.96. The molecule has 42 heavy (non-hydrogen) atoms. The Morgan fingerprint density at radius 1 is 1.12 bits per heavy atom. The van der Waals surface area contributed by atoms with E-state index in [1.807, 2.05) is 25.1 Å². The molecule has 1 aliphatic heterocycles. The van der Waals surface area contributed by atoms with Gasteiger partial charge in [-0.2, -0.15) is 0 Å². The largest absolute Gasteiger partial charge is 0.431 e. The highest BCUT2D eigenvalue weighted by atomic mass is 79.9. The van der Waals surface area contributed by atoms with Gasteiger partial charge in [0.25, 0.3) is 5.91 Å². The zero-order chi connectivity index (χ0) is 30.4. The van der Waals surface area contributed by atoms with Crippen molar-refractivity contribution in [2.45, 2.75) is 71.1 Å². The van der Waals surface area contributed by atoms with E-state index in [-0.39, 0.29) is 31.4 Å². The SMILES string of the molecule is CCCC(F)OC(=O)CCC(CNC(=O)c1c(C)c(N2CCCCC2)nc2ccc(Br)cc12)c1c(F)ccc(F)c1Cl. The molecule has 0 radical (unpaired) electrons. The maximum absolute atomic E-state index is 15.0. The summed E-state index contributed by atoms with van der Waals surface area (Å²) < 4.78 is 48.8. The number of amides is 1. The van der Waals surface area contributed by atoms with Crippen LogP contribution in [0, 0.1) is 18.6 Å². The van der Waals surface area contributed by atoms with Gasteiger partial charge < -0.3 is 15.0 Å². The van der Waals surface area contributed by atoms with Crippen LogP contribution < -0.4 is 10.2 Å². The summed E-state index contributed by atoms with van der Waals surface area (Å²) in [6.45, 7) is 5.13. The van der Waals surface area contributed by atoms with E-state index in [9.17, 15) is 22.8 Å². The number of piperidine rings is 1. The molecule has 226 valence electrons. The van der Waals surface area contributed by atoms with Gasteiger partial charge in [0.15, 0.2) is 0 Å². The fraction of sp³-hybridized carbons (Fsp3) is 0.452. The summed E-state index contributed by atoms with van der Waals surface area (Å²) in [5, 5.41) is 3.07. The second-order valence-corrected chi connectivity index (χ2v) is 11.8. The summed E-state index contributed by atoms with van der Waals surface area (Å²) in [7, 11) is 0. The third-order valence-corrected chi connectivity index (χ3v) is 8.39. The number of carbonyl (C=O) groups is 2. The average molecular weight is 669 g/mol. The number of anilines is 1. The van der Waals surface area contributed by atoms with E-state index in [0.29, 0.717) is 28.5 Å². The van der Waals surface area contributed by atoms with Crippen molar-refractivity contribution in [2.75, 3.05) is 24.5 Å². The molecule has 2 aromatic carbocycles. The third kappa shape index (κ3) is 7.56. The Kier molecular flexibility index (Phi) is 11.1. The van der Waals surface area contributed by atoms with Crippen molar-refractivity contribution < 1.29 is 27.5 Å². The van der Waals surface area contributed by atoms with Gasteiger partial charge in [0.1, 0.15) is 17.5 Å². The molecule has 0 saturated carbocycles. The molecule has 1 saturated heterocycles. The molecule has 6 nitrogen and oxygen atoms in total. The maximum Gasteiger partial charge on any atom is 0.308 e.